The third-order valence-electron chi connectivity index (χ3n) is 2.24. The van der Waals surface area contributed by atoms with Crippen LogP contribution in [-0.2, 0) is 5.75 Å². The quantitative estimate of drug-likeness (QED) is 0.861. The van der Waals surface area contributed by atoms with Crippen LogP contribution in [0.15, 0.2) is 39.8 Å². The van der Waals surface area contributed by atoms with Gasteiger partial charge in [0.2, 0.25) is 0 Å². The molecule has 0 saturated carbocycles. The summed E-state index contributed by atoms with van der Waals surface area (Å²) >= 11 is 6.97. The molecule has 0 fully saturated rings. The van der Waals surface area contributed by atoms with Gasteiger partial charge >= 0.3 is 5.97 Å². The number of halogens is 2. The molecule has 0 bridgehead atoms. The van der Waals surface area contributed by atoms with Crippen LogP contribution in [0.3, 0.4) is 0 Å². The second kappa shape index (κ2) is 5.46. The highest BCUT2D eigenvalue weighted by atomic mass is 35.5. The zero-order chi connectivity index (χ0) is 13.1. The molecule has 0 atom stereocenters. The lowest BCUT2D eigenvalue weighted by Gasteiger charge is -2.02. The number of carboxylic acid groups (broad SMARTS) is 1. The fourth-order valence-electron chi connectivity index (χ4n) is 1.36. The zero-order valence-corrected chi connectivity index (χ0v) is 10.6. The normalized spacial score (nSPS) is 10.6. The van der Waals surface area contributed by atoms with Gasteiger partial charge in [-0.15, -0.1) is 11.8 Å². The van der Waals surface area contributed by atoms with Crippen molar-refractivity contribution in [3.05, 3.63) is 52.7 Å². The van der Waals surface area contributed by atoms with Gasteiger partial charge in [-0.05, 0) is 24.3 Å². The van der Waals surface area contributed by atoms with E-state index in [9.17, 15) is 9.18 Å². The standard InChI is InChI=1S/C12H8ClFO3S/c13-9-5-7(1-2-10(9)14)18-6-11-8(12(15)16)3-4-17-11/h1-5H,6H2,(H,15,16). The van der Waals surface area contributed by atoms with E-state index in [1.807, 2.05) is 0 Å². The summed E-state index contributed by atoms with van der Waals surface area (Å²) in [6.07, 6.45) is 1.33. The smallest absolute Gasteiger partial charge is 0.339 e. The average molecular weight is 287 g/mol. The molecule has 18 heavy (non-hydrogen) atoms. The van der Waals surface area contributed by atoms with E-state index in [2.05, 4.69) is 0 Å². The molecule has 2 rings (SSSR count). The van der Waals surface area contributed by atoms with Crippen LogP contribution in [0.1, 0.15) is 16.1 Å². The Labute approximate surface area is 112 Å². The van der Waals surface area contributed by atoms with Crippen LogP contribution in [0.4, 0.5) is 4.39 Å². The summed E-state index contributed by atoms with van der Waals surface area (Å²) in [4.78, 5) is 11.6. The van der Waals surface area contributed by atoms with Crippen LogP contribution in [0.5, 0.6) is 0 Å². The number of thioether (sulfide) groups is 1. The van der Waals surface area contributed by atoms with Crippen molar-refractivity contribution in [2.24, 2.45) is 0 Å². The monoisotopic (exact) mass is 286 g/mol. The van der Waals surface area contributed by atoms with Gasteiger partial charge in [0, 0.05) is 4.90 Å². The predicted molar refractivity (Wildman–Crippen MR) is 66.6 cm³/mol. The first-order valence-electron chi connectivity index (χ1n) is 4.95. The minimum Gasteiger partial charge on any atom is -0.478 e. The van der Waals surface area contributed by atoms with Crippen molar-refractivity contribution < 1.29 is 18.7 Å². The Bertz CT molecular complexity index is 582. The summed E-state index contributed by atoms with van der Waals surface area (Å²) < 4.78 is 18.0. The summed E-state index contributed by atoms with van der Waals surface area (Å²) in [6.45, 7) is 0. The molecule has 6 heteroatoms. The molecule has 0 aliphatic rings. The van der Waals surface area contributed by atoms with Gasteiger partial charge in [0.25, 0.3) is 0 Å². The van der Waals surface area contributed by atoms with Crippen molar-refractivity contribution >= 4 is 29.3 Å². The Hall–Kier alpha value is -1.46. The number of rotatable bonds is 4. The fraction of sp³-hybridized carbons (Fsp3) is 0.0833. The van der Waals surface area contributed by atoms with Crippen LogP contribution < -0.4 is 0 Å². The molecule has 2 aromatic rings. The van der Waals surface area contributed by atoms with E-state index in [1.165, 1.54) is 36.2 Å². The molecule has 0 unspecified atom stereocenters. The van der Waals surface area contributed by atoms with Gasteiger partial charge in [-0.3, -0.25) is 0 Å². The molecule has 0 radical (unpaired) electrons. The van der Waals surface area contributed by atoms with E-state index in [0.29, 0.717) is 11.5 Å². The summed E-state index contributed by atoms with van der Waals surface area (Å²) in [5.74, 6) is -0.800. The molecule has 0 amide bonds. The van der Waals surface area contributed by atoms with Crippen molar-refractivity contribution in [3.63, 3.8) is 0 Å². The molecule has 0 aliphatic carbocycles. The van der Waals surface area contributed by atoms with Gasteiger partial charge in [-0.2, -0.15) is 0 Å². The maximum absolute atomic E-state index is 12.9. The lowest BCUT2D eigenvalue weighted by atomic mass is 10.3. The minimum absolute atomic E-state index is 0.0397. The third kappa shape index (κ3) is 2.86. The van der Waals surface area contributed by atoms with E-state index in [0.717, 1.165) is 4.90 Å². The highest BCUT2D eigenvalue weighted by molar-refractivity contribution is 7.98. The summed E-state index contributed by atoms with van der Waals surface area (Å²) in [6, 6.07) is 5.74. The SMILES string of the molecule is O=C(O)c1ccoc1CSc1ccc(F)c(Cl)c1. The summed E-state index contributed by atoms with van der Waals surface area (Å²) in [5.41, 5.74) is 0.135. The Morgan fingerprint density at radius 3 is 2.89 bits per heavy atom. The van der Waals surface area contributed by atoms with E-state index in [-0.39, 0.29) is 10.6 Å². The molecule has 3 nitrogen and oxygen atoms in total. The van der Waals surface area contributed by atoms with E-state index >= 15 is 0 Å². The number of furan rings is 1. The van der Waals surface area contributed by atoms with E-state index < -0.39 is 11.8 Å². The number of aromatic carboxylic acids is 1. The summed E-state index contributed by atoms with van der Waals surface area (Å²) in [7, 11) is 0. The van der Waals surface area contributed by atoms with Crippen molar-refractivity contribution in [1.82, 2.24) is 0 Å². The van der Waals surface area contributed by atoms with E-state index in [4.69, 9.17) is 21.1 Å². The average Bonchev–Trinajstić information content (AvgIpc) is 2.79. The topological polar surface area (TPSA) is 50.4 Å². The molecule has 0 aliphatic heterocycles. The fourth-order valence-corrected chi connectivity index (χ4v) is 2.49. The van der Waals surface area contributed by atoms with Crippen molar-refractivity contribution in [2.75, 3.05) is 0 Å². The van der Waals surface area contributed by atoms with Gasteiger partial charge in [0.1, 0.15) is 17.1 Å². The second-order valence-electron chi connectivity index (χ2n) is 3.43. The minimum atomic E-state index is -1.03. The van der Waals surface area contributed by atoms with Crippen molar-refractivity contribution in [3.8, 4) is 0 Å². The van der Waals surface area contributed by atoms with Crippen LogP contribution in [0, 0.1) is 5.82 Å². The van der Waals surface area contributed by atoms with Gasteiger partial charge in [0.05, 0.1) is 17.0 Å². The first kappa shape index (κ1) is 13.0. The lowest BCUT2D eigenvalue weighted by Crippen LogP contribution is -1.97. The Morgan fingerprint density at radius 1 is 1.44 bits per heavy atom. The first-order valence-corrected chi connectivity index (χ1v) is 6.32. The van der Waals surface area contributed by atoms with Crippen molar-refractivity contribution in [2.45, 2.75) is 10.6 Å². The Balaban J connectivity index is 2.09. The molecule has 0 saturated heterocycles. The number of carboxylic acids is 1. The maximum Gasteiger partial charge on any atom is 0.339 e. The van der Waals surface area contributed by atoms with Crippen LogP contribution in [0.2, 0.25) is 5.02 Å². The van der Waals surface area contributed by atoms with Crippen LogP contribution in [-0.4, -0.2) is 11.1 Å². The largest absolute Gasteiger partial charge is 0.478 e. The van der Waals surface area contributed by atoms with Crippen LogP contribution >= 0.6 is 23.4 Å². The molecule has 0 spiro atoms. The molecule has 1 heterocycles. The highest BCUT2D eigenvalue weighted by Gasteiger charge is 2.13. The van der Waals surface area contributed by atoms with Crippen molar-refractivity contribution in [1.29, 1.82) is 0 Å². The Morgan fingerprint density at radius 2 is 2.22 bits per heavy atom. The molecular weight excluding hydrogens is 279 g/mol. The van der Waals surface area contributed by atoms with Gasteiger partial charge in [0.15, 0.2) is 0 Å². The predicted octanol–water partition coefficient (Wildman–Crippen LogP) is 4.06. The third-order valence-corrected chi connectivity index (χ3v) is 3.52. The molecule has 1 aromatic carbocycles. The highest BCUT2D eigenvalue weighted by Crippen LogP contribution is 2.28. The number of benzene rings is 1. The molecular formula is C12H8ClFO3S. The number of carbonyl (C=O) groups is 1. The zero-order valence-electron chi connectivity index (χ0n) is 9.02. The van der Waals surface area contributed by atoms with E-state index in [1.54, 1.807) is 6.07 Å². The van der Waals surface area contributed by atoms with Gasteiger partial charge in [-0.25, -0.2) is 9.18 Å². The second-order valence-corrected chi connectivity index (χ2v) is 4.88. The molecule has 94 valence electrons. The van der Waals surface area contributed by atoms with Gasteiger partial charge in [-0.1, -0.05) is 11.6 Å². The molecule has 1 aromatic heterocycles. The Kier molecular flexibility index (Phi) is 3.93. The lowest BCUT2D eigenvalue weighted by molar-refractivity contribution is 0.0695. The maximum atomic E-state index is 12.9. The number of hydrogen-bond donors (Lipinski definition) is 1. The molecule has 1 N–H and O–H groups in total. The summed E-state index contributed by atoms with van der Waals surface area (Å²) in [5, 5.41) is 8.93. The first-order chi connectivity index (χ1) is 8.58. The van der Waals surface area contributed by atoms with Crippen LogP contribution in [0.25, 0.3) is 0 Å². The number of hydrogen-bond acceptors (Lipinski definition) is 3. The van der Waals surface area contributed by atoms with Gasteiger partial charge < -0.3 is 9.52 Å².